The van der Waals surface area contributed by atoms with Crippen molar-refractivity contribution in [2.75, 3.05) is 36.9 Å². The summed E-state index contributed by atoms with van der Waals surface area (Å²) >= 11 is 0. The lowest BCUT2D eigenvalue weighted by Gasteiger charge is -2.28. The van der Waals surface area contributed by atoms with Crippen LogP contribution in [0.15, 0.2) is 158 Å². The summed E-state index contributed by atoms with van der Waals surface area (Å²) in [7, 11) is -8.35. The highest BCUT2D eigenvalue weighted by Crippen LogP contribution is 2.57. The van der Waals surface area contributed by atoms with E-state index < -0.39 is 62.8 Å². The topological polar surface area (TPSA) is 325 Å². The highest BCUT2D eigenvalue weighted by molar-refractivity contribution is 7.48. The number of fused-ring (bicyclic) bond motifs is 2. The average molecular weight is 1490 g/mol. The molecule has 2 fully saturated rings. The maximum Gasteiger partial charge on any atom is 0.476 e. The molecule has 0 aliphatic carbocycles. The third-order valence-electron chi connectivity index (χ3n) is 16.2. The molecule has 2 aliphatic heterocycles. The van der Waals surface area contributed by atoms with Crippen LogP contribution in [0.3, 0.4) is 0 Å². The Hall–Kier alpha value is -9.57. The Kier molecular flexibility index (Phi) is 26.6. The van der Waals surface area contributed by atoms with Gasteiger partial charge in [0.15, 0.2) is 11.6 Å². The van der Waals surface area contributed by atoms with Gasteiger partial charge in [0.25, 0.3) is 0 Å². The van der Waals surface area contributed by atoms with Gasteiger partial charge in [-0.15, -0.1) is 0 Å². The van der Waals surface area contributed by atoms with Crippen molar-refractivity contribution in [3.05, 3.63) is 215 Å². The van der Waals surface area contributed by atoms with Crippen LogP contribution in [0.4, 0.5) is 30.3 Å². The molecule has 0 spiro atoms. The Bertz CT molecular complexity index is 4300. The van der Waals surface area contributed by atoms with Crippen LogP contribution in [0.1, 0.15) is 152 Å². The number of halogens is 2. The molecule has 26 nitrogen and oxygen atoms in total. The first-order valence-corrected chi connectivity index (χ1v) is 37.6. The smallest absolute Gasteiger partial charge is 0.460 e. The van der Waals surface area contributed by atoms with Gasteiger partial charge in [-0.1, -0.05) is 121 Å². The molecule has 2 aliphatic rings. The molecule has 2 saturated heterocycles. The highest BCUT2D eigenvalue weighted by atomic mass is 31.2. The molecule has 0 radical (unpaired) electrons. The summed E-state index contributed by atoms with van der Waals surface area (Å²) in [6.45, 7) is 19.0. The molecule has 6 N–H and O–H groups in total. The fraction of sp³-hybridized carbons (Fsp3) is 0.355. The van der Waals surface area contributed by atoms with Crippen LogP contribution < -0.4 is 21.3 Å². The predicted octanol–water partition coefficient (Wildman–Crippen LogP) is 17.2. The fourth-order valence-corrected chi connectivity index (χ4v) is 14.3. The molecular formula is C76H88F2N12O14P2. The number of ether oxygens (including phenoxy) is 3. The number of anilines is 2. The number of aromatic nitrogens is 8. The van der Waals surface area contributed by atoms with Crippen molar-refractivity contribution in [3.63, 3.8) is 0 Å². The fourth-order valence-electron chi connectivity index (χ4n) is 11.4. The van der Waals surface area contributed by atoms with E-state index in [1.54, 1.807) is 53.7 Å². The summed E-state index contributed by atoms with van der Waals surface area (Å²) in [6.07, 6.45) is 7.71. The van der Waals surface area contributed by atoms with Crippen LogP contribution in [0.25, 0.3) is 44.3 Å². The van der Waals surface area contributed by atoms with E-state index in [2.05, 4.69) is 61.1 Å². The molecule has 4 aromatic heterocycles. The monoisotopic (exact) mass is 1490 g/mol. The van der Waals surface area contributed by atoms with Crippen LogP contribution >= 0.6 is 15.6 Å². The van der Waals surface area contributed by atoms with E-state index in [1.165, 1.54) is 31.7 Å². The number of imidazole rings is 2. The van der Waals surface area contributed by atoms with Crippen molar-refractivity contribution in [2.24, 2.45) is 0 Å². The van der Waals surface area contributed by atoms with Crippen molar-refractivity contribution in [2.45, 2.75) is 150 Å². The van der Waals surface area contributed by atoms with E-state index in [9.17, 15) is 23.5 Å². The van der Waals surface area contributed by atoms with Gasteiger partial charge in [-0.2, -0.15) is 0 Å². The SMILES string of the molecule is CC(=O)OC(C)(C)C.CCNC(=O)Nc1nc2c([C@H]3CCCO3)c(F)c(-c3cnc(C(C)(C)OP(=O)(OCc4ccccc4)OCc4ccccc4)nc3)cc2[nH]1.CCNC(=O)Nc1nc2c([C@H]3CCCO3)c(F)c(-c3cnc(C(C)(C)OP(=O)(OCc4ccccc4)OCc4ccccc4)nc3)cc2[nH]1. The van der Waals surface area contributed by atoms with Gasteiger partial charge in [-0.05, 0) is 122 Å². The summed E-state index contributed by atoms with van der Waals surface area (Å²) in [6, 6.07) is 39.4. The number of rotatable bonds is 26. The van der Waals surface area contributed by atoms with Gasteiger partial charge in [0.2, 0.25) is 11.9 Å². The summed E-state index contributed by atoms with van der Waals surface area (Å²) in [5.41, 5.74) is 3.72. The maximum absolute atomic E-state index is 16.4. The number of hydrogen-bond acceptors (Lipinski definition) is 20. The zero-order valence-corrected chi connectivity index (χ0v) is 62.5. The molecule has 0 saturated carbocycles. The van der Waals surface area contributed by atoms with Crippen LogP contribution in [-0.2, 0) is 92.9 Å². The number of urea groups is 2. The van der Waals surface area contributed by atoms with Crippen LogP contribution in [0, 0.1) is 11.6 Å². The van der Waals surface area contributed by atoms with Crippen molar-refractivity contribution in [3.8, 4) is 22.3 Å². The number of nitrogens with zero attached hydrogens (tertiary/aromatic N) is 6. The molecule has 4 amide bonds. The lowest BCUT2D eigenvalue weighted by atomic mass is 9.98. The van der Waals surface area contributed by atoms with Crippen molar-refractivity contribution in [1.82, 2.24) is 50.5 Å². The van der Waals surface area contributed by atoms with Crippen LogP contribution in [0.2, 0.25) is 0 Å². The Morgan fingerprint density at radius 1 is 0.519 bits per heavy atom. The molecule has 30 heteroatoms. The minimum atomic E-state index is -4.17. The van der Waals surface area contributed by atoms with E-state index in [-0.39, 0.29) is 72.7 Å². The zero-order valence-electron chi connectivity index (χ0n) is 60.7. The zero-order chi connectivity index (χ0) is 75.7. The second-order valence-corrected chi connectivity index (χ2v) is 29.9. The molecule has 2 atom stereocenters. The number of carbonyl (C=O) groups is 3. The lowest BCUT2D eigenvalue weighted by Crippen LogP contribution is -2.28. The quantitative estimate of drug-likeness (QED) is 0.0217. The van der Waals surface area contributed by atoms with E-state index in [4.69, 9.17) is 41.4 Å². The Labute approximate surface area is 613 Å². The second-order valence-electron chi connectivity index (χ2n) is 26.7. The van der Waals surface area contributed by atoms with Crippen molar-refractivity contribution < 1.29 is 73.6 Å². The summed E-state index contributed by atoms with van der Waals surface area (Å²) in [4.78, 5) is 67.6. The second kappa shape index (κ2) is 35.7. The molecule has 0 unspecified atom stereocenters. The predicted molar refractivity (Wildman–Crippen MR) is 395 cm³/mol. The number of esters is 1. The van der Waals surface area contributed by atoms with Crippen molar-refractivity contribution in [1.29, 1.82) is 0 Å². The van der Waals surface area contributed by atoms with Gasteiger partial charge >= 0.3 is 33.7 Å². The summed E-state index contributed by atoms with van der Waals surface area (Å²) < 4.78 is 113. The van der Waals surface area contributed by atoms with Crippen molar-refractivity contribution >= 4 is 67.6 Å². The number of hydrogen-bond donors (Lipinski definition) is 6. The number of aromatic amines is 2. The molecule has 12 rings (SSSR count). The molecule has 6 heterocycles. The maximum atomic E-state index is 16.4. The van der Waals surface area contributed by atoms with E-state index in [1.807, 2.05) is 142 Å². The normalized spacial score (nSPS) is 14.8. The number of nitrogens with one attached hydrogen (secondary N) is 6. The average Bonchev–Trinajstić information content (AvgIpc) is 1.55. The Balaban J connectivity index is 0.000000206. The van der Waals surface area contributed by atoms with E-state index in [0.29, 0.717) is 83.5 Å². The first-order valence-electron chi connectivity index (χ1n) is 34.7. The number of benzene rings is 6. The first kappa shape index (κ1) is 79.0. The molecule has 0 bridgehead atoms. The minimum absolute atomic E-state index is 0.00824. The summed E-state index contributed by atoms with van der Waals surface area (Å²) in [5.74, 6) is -0.549. The molecule has 106 heavy (non-hydrogen) atoms. The summed E-state index contributed by atoms with van der Waals surface area (Å²) in [5, 5.41) is 10.6. The standard InChI is InChI=1S/2C35H38FN6O6P.C6H12O2/c2*1-4-37-34(43)42-33-40-27-18-26(30(36)29(31(27)41-33)28-16-11-17-45-28)25-19-38-32(39-20-25)35(2,3)48-49(44,46-21-23-12-7-5-8-13-23)47-22-24-14-9-6-10-15-24;1-5(7)8-6(2,3)4/h2*5-10,12-15,18-20,28H,4,11,16-17,21-22H2,1-3H3,(H3,37,40,41,42,43);1-4H3/t2*28-;/m11./s1. The van der Waals surface area contributed by atoms with E-state index in [0.717, 1.165) is 35.1 Å². The van der Waals surface area contributed by atoms with Gasteiger partial charge in [0, 0.05) is 91.4 Å². The van der Waals surface area contributed by atoms with Gasteiger partial charge in [-0.25, -0.2) is 57.4 Å². The largest absolute Gasteiger partial charge is 0.476 e. The number of amides is 4. The van der Waals surface area contributed by atoms with Gasteiger partial charge in [-0.3, -0.25) is 42.6 Å². The Morgan fingerprint density at radius 2 is 0.840 bits per heavy atom. The van der Waals surface area contributed by atoms with Crippen LogP contribution in [-0.4, -0.2) is 89.8 Å². The van der Waals surface area contributed by atoms with E-state index >= 15 is 8.78 Å². The molecule has 560 valence electrons. The number of H-pyrrole nitrogens is 2. The molecular weight excluding hydrogens is 1400 g/mol. The number of phosphoric ester groups is 2. The van der Waals surface area contributed by atoms with Gasteiger partial charge in [0.1, 0.15) is 28.4 Å². The highest BCUT2D eigenvalue weighted by Gasteiger charge is 2.41. The van der Waals surface area contributed by atoms with Gasteiger partial charge < -0.3 is 34.8 Å². The van der Waals surface area contributed by atoms with Crippen LogP contribution in [0.5, 0.6) is 0 Å². The first-order chi connectivity index (χ1) is 50.7. The third-order valence-corrected chi connectivity index (χ3v) is 19.3. The Morgan fingerprint density at radius 3 is 1.10 bits per heavy atom. The minimum Gasteiger partial charge on any atom is -0.460 e. The lowest BCUT2D eigenvalue weighted by molar-refractivity contribution is -0.151. The third kappa shape index (κ3) is 21.6. The number of phosphoric acid groups is 2. The van der Waals surface area contributed by atoms with Gasteiger partial charge in [0.05, 0.1) is 60.7 Å². The molecule has 6 aromatic carbocycles. The number of carbonyl (C=O) groups excluding carboxylic acids is 3. The molecule has 10 aromatic rings.